The smallest absolute Gasteiger partial charge is 0.326 e. The van der Waals surface area contributed by atoms with Crippen LogP contribution >= 0.6 is 11.3 Å². The summed E-state index contributed by atoms with van der Waals surface area (Å²) in [7, 11) is 1.57. The maximum Gasteiger partial charge on any atom is 0.326 e. The van der Waals surface area contributed by atoms with Gasteiger partial charge in [0.15, 0.2) is 0 Å². The Hall–Kier alpha value is -2.21. The van der Waals surface area contributed by atoms with Crippen LogP contribution in [0.15, 0.2) is 35.8 Å². The van der Waals surface area contributed by atoms with Crippen molar-refractivity contribution in [3.8, 4) is 10.4 Å². The van der Waals surface area contributed by atoms with E-state index in [1.165, 1.54) is 16.2 Å². The van der Waals surface area contributed by atoms with Crippen LogP contribution in [0.5, 0.6) is 0 Å². The highest BCUT2D eigenvalue weighted by Gasteiger charge is 2.24. The van der Waals surface area contributed by atoms with E-state index in [1.54, 1.807) is 33.3 Å². The molecule has 0 aliphatic rings. The van der Waals surface area contributed by atoms with Crippen LogP contribution in [0.2, 0.25) is 0 Å². The Balaban J connectivity index is 2.12. The number of esters is 1. The first-order valence-corrected chi connectivity index (χ1v) is 8.12. The third-order valence-electron chi connectivity index (χ3n) is 2.94. The second kappa shape index (κ2) is 6.91. The molecule has 0 bridgehead atoms. The Kier molecular flexibility index (Phi) is 5.15. The molecule has 0 radical (unpaired) electrons. The van der Waals surface area contributed by atoms with Gasteiger partial charge < -0.3 is 9.64 Å². The van der Waals surface area contributed by atoms with Crippen LogP contribution < -0.4 is 0 Å². The highest BCUT2D eigenvalue weighted by Crippen LogP contribution is 2.28. The van der Waals surface area contributed by atoms with Gasteiger partial charge in [0.1, 0.15) is 17.8 Å². The predicted molar refractivity (Wildman–Crippen MR) is 90.4 cm³/mol. The number of amides is 1. The van der Waals surface area contributed by atoms with E-state index >= 15 is 0 Å². The third kappa shape index (κ3) is 4.63. The number of benzene rings is 1. The fraction of sp³-hybridized carbons (Fsp3) is 0.353. The minimum atomic E-state index is -0.573. The molecular formula is C17H20N2O3S. The van der Waals surface area contributed by atoms with Crippen molar-refractivity contribution in [2.24, 2.45) is 0 Å². The van der Waals surface area contributed by atoms with Gasteiger partial charge in [0, 0.05) is 7.05 Å². The number of likely N-dealkylation sites (N-methyl/N-ethyl adjacent to an activating group) is 1. The van der Waals surface area contributed by atoms with E-state index in [0.29, 0.717) is 5.69 Å². The lowest BCUT2D eigenvalue weighted by Gasteiger charge is -2.22. The van der Waals surface area contributed by atoms with E-state index in [0.717, 1.165) is 10.4 Å². The molecule has 2 rings (SSSR count). The van der Waals surface area contributed by atoms with E-state index in [9.17, 15) is 9.59 Å². The van der Waals surface area contributed by atoms with Crippen molar-refractivity contribution < 1.29 is 14.3 Å². The number of thiazole rings is 1. The Bertz CT molecular complexity index is 689. The maximum absolute atomic E-state index is 12.6. The van der Waals surface area contributed by atoms with E-state index in [-0.39, 0.29) is 12.5 Å². The number of ether oxygens (including phenoxy) is 1. The van der Waals surface area contributed by atoms with E-state index in [1.807, 2.05) is 30.3 Å². The van der Waals surface area contributed by atoms with Crippen LogP contribution in [-0.4, -0.2) is 41.0 Å². The van der Waals surface area contributed by atoms with Gasteiger partial charge >= 0.3 is 5.97 Å². The van der Waals surface area contributed by atoms with Gasteiger partial charge in [-0.2, -0.15) is 0 Å². The first-order valence-electron chi connectivity index (χ1n) is 7.24. The number of carbonyl (C=O) groups excluding carboxylic acids is 2. The van der Waals surface area contributed by atoms with Crippen molar-refractivity contribution in [2.75, 3.05) is 13.6 Å². The maximum atomic E-state index is 12.6. The second-order valence-electron chi connectivity index (χ2n) is 6.14. The predicted octanol–water partition coefficient (Wildman–Crippen LogP) is 3.22. The molecule has 0 saturated carbocycles. The zero-order chi connectivity index (χ0) is 17.0. The van der Waals surface area contributed by atoms with Crippen LogP contribution in [0, 0.1) is 0 Å². The fourth-order valence-electron chi connectivity index (χ4n) is 2.01. The number of rotatable bonds is 4. The van der Waals surface area contributed by atoms with Crippen LogP contribution in [0.25, 0.3) is 10.4 Å². The minimum absolute atomic E-state index is 0.109. The van der Waals surface area contributed by atoms with Crippen LogP contribution in [0.1, 0.15) is 31.3 Å². The summed E-state index contributed by atoms with van der Waals surface area (Å²) in [5.41, 5.74) is 2.35. The topological polar surface area (TPSA) is 59.5 Å². The minimum Gasteiger partial charge on any atom is -0.459 e. The fourth-order valence-corrected chi connectivity index (χ4v) is 2.80. The van der Waals surface area contributed by atoms with Gasteiger partial charge in [-0.3, -0.25) is 9.59 Å². The molecule has 0 unspecified atom stereocenters. The van der Waals surface area contributed by atoms with Crippen molar-refractivity contribution in [1.82, 2.24) is 9.88 Å². The molecule has 1 aromatic heterocycles. The highest BCUT2D eigenvalue weighted by atomic mass is 32.1. The van der Waals surface area contributed by atoms with Gasteiger partial charge in [-0.15, -0.1) is 11.3 Å². The number of hydrogen-bond donors (Lipinski definition) is 0. The molecule has 6 heteroatoms. The van der Waals surface area contributed by atoms with Gasteiger partial charge in [0.05, 0.1) is 10.4 Å². The Morgan fingerprint density at radius 3 is 2.48 bits per heavy atom. The monoisotopic (exact) mass is 332 g/mol. The van der Waals surface area contributed by atoms with Crippen molar-refractivity contribution in [3.05, 3.63) is 41.5 Å². The van der Waals surface area contributed by atoms with Crippen molar-refractivity contribution in [3.63, 3.8) is 0 Å². The molecule has 0 fully saturated rings. The van der Waals surface area contributed by atoms with Crippen molar-refractivity contribution in [1.29, 1.82) is 0 Å². The standard InChI is InChI=1S/C17H20N2O3S/c1-17(2,3)22-13(20)10-19(4)16(21)14-15(23-11-18-14)12-8-6-5-7-9-12/h5-9,11H,10H2,1-4H3. The van der Waals surface area contributed by atoms with Crippen LogP contribution in [-0.2, 0) is 9.53 Å². The summed E-state index contributed by atoms with van der Waals surface area (Å²) in [5.74, 6) is -0.735. The number of carbonyl (C=O) groups is 2. The molecular weight excluding hydrogens is 312 g/mol. The molecule has 0 aliphatic heterocycles. The molecule has 5 nitrogen and oxygen atoms in total. The molecule has 1 aromatic carbocycles. The summed E-state index contributed by atoms with van der Waals surface area (Å²) >= 11 is 1.40. The molecule has 0 spiro atoms. The zero-order valence-electron chi connectivity index (χ0n) is 13.7. The number of aromatic nitrogens is 1. The number of hydrogen-bond acceptors (Lipinski definition) is 5. The summed E-state index contributed by atoms with van der Waals surface area (Å²) in [4.78, 5) is 30.7. The molecule has 0 saturated heterocycles. The van der Waals surface area contributed by atoms with Gasteiger partial charge in [-0.05, 0) is 26.3 Å². The van der Waals surface area contributed by atoms with Gasteiger partial charge in [-0.25, -0.2) is 4.98 Å². The molecule has 1 amide bonds. The average Bonchev–Trinajstić information content (AvgIpc) is 2.94. The summed E-state index contributed by atoms with van der Waals surface area (Å²) in [6.07, 6.45) is 0. The zero-order valence-corrected chi connectivity index (χ0v) is 14.5. The first-order chi connectivity index (χ1) is 10.8. The lowest BCUT2D eigenvalue weighted by Crippen LogP contribution is -2.36. The second-order valence-corrected chi connectivity index (χ2v) is 7.00. The van der Waals surface area contributed by atoms with E-state index < -0.39 is 11.6 Å². The van der Waals surface area contributed by atoms with E-state index in [2.05, 4.69) is 4.98 Å². The largest absolute Gasteiger partial charge is 0.459 e. The normalized spacial score (nSPS) is 11.1. The van der Waals surface area contributed by atoms with Gasteiger partial charge in [0.2, 0.25) is 0 Å². The summed E-state index contributed by atoms with van der Waals surface area (Å²) < 4.78 is 5.24. The van der Waals surface area contributed by atoms with Crippen LogP contribution in [0.3, 0.4) is 0 Å². The summed E-state index contributed by atoms with van der Waals surface area (Å²) in [6, 6.07) is 9.60. The Morgan fingerprint density at radius 2 is 1.87 bits per heavy atom. The molecule has 0 N–H and O–H groups in total. The number of nitrogens with zero attached hydrogens (tertiary/aromatic N) is 2. The van der Waals surface area contributed by atoms with E-state index in [4.69, 9.17) is 4.74 Å². The van der Waals surface area contributed by atoms with Crippen molar-refractivity contribution in [2.45, 2.75) is 26.4 Å². The summed E-state index contributed by atoms with van der Waals surface area (Å²) in [5, 5.41) is 0. The molecule has 0 atom stereocenters. The first kappa shape index (κ1) is 17.1. The third-order valence-corrected chi connectivity index (χ3v) is 3.81. The molecule has 122 valence electrons. The lowest BCUT2D eigenvalue weighted by atomic mass is 10.1. The van der Waals surface area contributed by atoms with Gasteiger partial charge in [-0.1, -0.05) is 30.3 Å². The Morgan fingerprint density at radius 1 is 1.22 bits per heavy atom. The quantitative estimate of drug-likeness (QED) is 0.807. The Labute approximate surface area is 139 Å². The summed E-state index contributed by atoms with van der Waals surface area (Å²) in [6.45, 7) is 5.27. The average molecular weight is 332 g/mol. The molecule has 1 heterocycles. The van der Waals surface area contributed by atoms with Crippen LogP contribution in [0.4, 0.5) is 0 Å². The van der Waals surface area contributed by atoms with Gasteiger partial charge in [0.25, 0.3) is 5.91 Å². The highest BCUT2D eigenvalue weighted by molar-refractivity contribution is 7.13. The SMILES string of the molecule is CN(CC(=O)OC(C)(C)C)C(=O)c1ncsc1-c1ccccc1. The lowest BCUT2D eigenvalue weighted by molar-refractivity contribution is -0.155. The van der Waals surface area contributed by atoms with Crippen molar-refractivity contribution >= 4 is 23.2 Å². The molecule has 0 aliphatic carbocycles. The molecule has 23 heavy (non-hydrogen) atoms. The molecule has 2 aromatic rings.